The van der Waals surface area contributed by atoms with Crippen molar-refractivity contribution < 1.29 is 4.52 Å². The first-order valence-electron chi connectivity index (χ1n) is 11.9. The van der Waals surface area contributed by atoms with E-state index >= 15 is 0 Å². The highest BCUT2D eigenvalue weighted by Gasteiger charge is 2.32. The summed E-state index contributed by atoms with van der Waals surface area (Å²) >= 11 is 6.43. The highest BCUT2D eigenvalue weighted by molar-refractivity contribution is 6.31. The maximum atomic E-state index is 6.43. The average molecular weight is 495 g/mol. The molecule has 5 heterocycles. The lowest BCUT2D eigenvalue weighted by Crippen LogP contribution is -2.09. The third-order valence-corrected chi connectivity index (χ3v) is 7.30. The summed E-state index contributed by atoms with van der Waals surface area (Å²) in [6.45, 7) is 0.509. The fourth-order valence-electron chi connectivity index (χ4n) is 5.07. The minimum atomic E-state index is 0.377. The lowest BCUT2D eigenvalue weighted by molar-refractivity contribution is 0.380. The van der Waals surface area contributed by atoms with Crippen molar-refractivity contribution in [2.75, 3.05) is 0 Å². The van der Waals surface area contributed by atoms with E-state index in [1.165, 1.54) is 5.39 Å². The van der Waals surface area contributed by atoms with Crippen molar-refractivity contribution in [2.24, 2.45) is 0 Å². The summed E-state index contributed by atoms with van der Waals surface area (Å²) in [5, 5.41) is 15.3. The average Bonchev–Trinajstić information content (AvgIpc) is 3.22. The summed E-state index contributed by atoms with van der Waals surface area (Å²) < 4.78 is 9.76. The number of imidazole rings is 1. The largest absolute Gasteiger partial charge is 0.361 e. The van der Waals surface area contributed by atoms with Gasteiger partial charge >= 0.3 is 0 Å². The first-order chi connectivity index (χ1) is 17.7. The Hall–Kier alpha value is -4.24. The number of aromatic amines is 1. The SMILES string of the molecule is Clc1ccc2c(c1)-c1nnc(Cc3c[nH]c4ccccc34)n1Cc1c(-c3noc(C4CC4)n3)ncn1-2. The smallest absolute Gasteiger partial charge is 0.230 e. The monoisotopic (exact) mass is 494 g/mol. The number of para-hydroxylation sites is 1. The second-order valence-electron chi connectivity index (χ2n) is 9.36. The van der Waals surface area contributed by atoms with Gasteiger partial charge in [0.15, 0.2) is 5.82 Å². The number of hydrogen-bond donors (Lipinski definition) is 1. The molecule has 0 amide bonds. The van der Waals surface area contributed by atoms with Gasteiger partial charge in [0, 0.05) is 40.0 Å². The molecule has 2 aromatic carbocycles. The van der Waals surface area contributed by atoms with Gasteiger partial charge in [0.1, 0.15) is 17.8 Å². The van der Waals surface area contributed by atoms with Crippen molar-refractivity contribution in [3.63, 3.8) is 0 Å². The van der Waals surface area contributed by atoms with Crippen LogP contribution in [0.5, 0.6) is 0 Å². The van der Waals surface area contributed by atoms with E-state index in [4.69, 9.17) is 21.1 Å². The van der Waals surface area contributed by atoms with Crippen LogP contribution >= 0.6 is 11.6 Å². The summed E-state index contributed by atoms with van der Waals surface area (Å²) in [5.41, 5.74) is 5.74. The van der Waals surface area contributed by atoms with Crippen LogP contribution in [0.2, 0.25) is 5.02 Å². The predicted molar refractivity (Wildman–Crippen MR) is 133 cm³/mol. The van der Waals surface area contributed by atoms with Crippen LogP contribution in [0.1, 0.15) is 41.7 Å². The zero-order chi connectivity index (χ0) is 23.8. The highest BCUT2D eigenvalue weighted by Crippen LogP contribution is 2.40. The fourth-order valence-corrected chi connectivity index (χ4v) is 5.25. The number of nitrogens with one attached hydrogen (secondary N) is 1. The van der Waals surface area contributed by atoms with Crippen molar-refractivity contribution in [2.45, 2.75) is 31.7 Å². The Kier molecular flexibility index (Phi) is 4.10. The molecule has 0 atom stereocenters. The van der Waals surface area contributed by atoms with Crippen LogP contribution in [-0.2, 0) is 13.0 Å². The van der Waals surface area contributed by atoms with Crippen LogP contribution in [0.4, 0.5) is 0 Å². The van der Waals surface area contributed by atoms with E-state index in [2.05, 4.69) is 46.6 Å². The summed E-state index contributed by atoms with van der Waals surface area (Å²) in [6.07, 6.45) is 6.67. The Balaban J connectivity index is 1.29. The van der Waals surface area contributed by atoms with Crippen LogP contribution in [-0.4, -0.2) is 39.4 Å². The topological polar surface area (TPSA) is 103 Å². The number of nitrogens with zero attached hydrogens (tertiary/aromatic N) is 7. The second kappa shape index (κ2) is 7.38. The van der Waals surface area contributed by atoms with Crippen LogP contribution in [0.3, 0.4) is 0 Å². The maximum absolute atomic E-state index is 6.43. The highest BCUT2D eigenvalue weighted by atomic mass is 35.5. The van der Waals surface area contributed by atoms with E-state index in [1.807, 2.05) is 42.9 Å². The molecule has 9 nitrogen and oxygen atoms in total. The van der Waals surface area contributed by atoms with E-state index in [0.29, 0.717) is 41.3 Å². The molecule has 0 bridgehead atoms. The summed E-state index contributed by atoms with van der Waals surface area (Å²) in [6, 6.07) is 14.1. The number of aromatic nitrogens is 8. The normalized spacial score (nSPS) is 14.5. The lowest BCUT2D eigenvalue weighted by atomic mass is 10.1. The molecule has 0 unspecified atom stereocenters. The first kappa shape index (κ1) is 20.0. The molecular formula is C26H19ClN8O. The number of hydrogen-bond acceptors (Lipinski definition) is 6. The lowest BCUT2D eigenvalue weighted by Gasteiger charge is -2.09. The van der Waals surface area contributed by atoms with Crippen LogP contribution in [0, 0.1) is 0 Å². The molecule has 1 aliphatic heterocycles. The standard InChI is InChI=1S/C26H19ClN8O/c27-16-7-8-20-18(10-16)25-32-31-22(9-15-11-28-19-4-2-1-3-17(15)19)34(25)12-21-23(29-13-35(20)21)24-30-26(36-33-24)14-5-6-14/h1-4,7-8,10-11,13-14,28H,5-6,9,12H2. The molecule has 4 aromatic heterocycles. The molecule has 1 fully saturated rings. The molecular weight excluding hydrogens is 476 g/mol. The number of halogens is 1. The zero-order valence-corrected chi connectivity index (χ0v) is 19.8. The minimum Gasteiger partial charge on any atom is -0.361 e. The quantitative estimate of drug-likeness (QED) is 0.363. The maximum Gasteiger partial charge on any atom is 0.230 e. The molecule has 0 spiro atoms. The second-order valence-corrected chi connectivity index (χ2v) is 9.80. The van der Waals surface area contributed by atoms with E-state index in [1.54, 1.807) is 0 Å². The van der Waals surface area contributed by atoms with Gasteiger partial charge in [-0.05, 0) is 42.7 Å². The zero-order valence-electron chi connectivity index (χ0n) is 19.0. The van der Waals surface area contributed by atoms with Gasteiger partial charge in [0.2, 0.25) is 11.7 Å². The van der Waals surface area contributed by atoms with E-state index in [9.17, 15) is 0 Å². The van der Waals surface area contributed by atoms with Gasteiger partial charge in [0.25, 0.3) is 0 Å². The number of H-pyrrole nitrogens is 1. The minimum absolute atomic E-state index is 0.377. The molecule has 10 heteroatoms. The van der Waals surface area contributed by atoms with Crippen molar-refractivity contribution in [3.05, 3.63) is 83.0 Å². The Morgan fingerprint density at radius 2 is 2.03 bits per heavy atom. The molecule has 1 aliphatic carbocycles. The summed E-state index contributed by atoms with van der Waals surface area (Å²) in [7, 11) is 0. The molecule has 0 saturated heterocycles. The van der Waals surface area contributed by atoms with Gasteiger partial charge in [-0.15, -0.1) is 10.2 Å². The van der Waals surface area contributed by atoms with E-state index < -0.39 is 0 Å². The molecule has 1 saturated carbocycles. The summed E-state index contributed by atoms with van der Waals surface area (Å²) in [4.78, 5) is 12.7. The number of benzene rings is 2. The Bertz CT molecular complexity index is 1790. The first-order valence-corrected chi connectivity index (χ1v) is 12.3. The van der Waals surface area contributed by atoms with Gasteiger partial charge in [-0.2, -0.15) is 4.98 Å². The third kappa shape index (κ3) is 2.99. The van der Waals surface area contributed by atoms with Gasteiger partial charge in [-0.25, -0.2) is 4.98 Å². The van der Waals surface area contributed by atoms with Crippen molar-refractivity contribution in [3.8, 4) is 28.6 Å². The van der Waals surface area contributed by atoms with Crippen molar-refractivity contribution in [1.82, 2.24) is 39.4 Å². The number of rotatable bonds is 4. The number of fused-ring (bicyclic) bond motifs is 6. The Labute approximate surface area is 209 Å². The van der Waals surface area contributed by atoms with Crippen LogP contribution < -0.4 is 0 Å². The summed E-state index contributed by atoms with van der Waals surface area (Å²) in [5.74, 6) is 3.20. The van der Waals surface area contributed by atoms with Gasteiger partial charge in [0.05, 0.1) is 17.9 Å². The van der Waals surface area contributed by atoms with Crippen LogP contribution in [0.15, 0.2) is 59.5 Å². The molecule has 1 N–H and O–H groups in total. The molecule has 176 valence electrons. The van der Waals surface area contributed by atoms with Crippen molar-refractivity contribution >= 4 is 22.5 Å². The van der Waals surface area contributed by atoms with Gasteiger partial charge in [-0.1, -0.05) is 35.0 Å². The molecule has 2 aliphatic rings. The molecule has 8 rings (SSSR count). The van der Waals surface area contributed by atoms with E-state index in [-0.39, 0.29) is 0 Å². The fraction of sp³-hybridized carbons (Fsp3) is 0.192. The molecule has 0 radical (unpaired) electrons. The Morgan fingerprint density at radius 3 is 2.94 bits per heavy atom. The van der Waals surface area contributed by atoms with Crippen LogP contribution in [0.25, 0.3) is 39.5 Å². The predicted octanol–water partition coefficient (Wildman–Crippen LogP) is 5.15. The third-order valence-electron chi connectivity index (χ3n) is 7.06. The van der Waals surface area contributed by atoms with Gasteiger partial charge < -0.3 is 14.1 Å². The van der Waals surface area contributed by atoms with Crippen molar-refractivity contribution in [1.29, 1.82) is 0 Å². The molecule has 36 heavy (non-hydrogen) atoms. The Morgan fingerprint density at radius 1 is 1.11 bits per heavy atom. The van der Waals surface area contributed by atoms with E-state index in [0.717, 1.165) is 52.5 Å². The molecule has 6 aromatic rings. The van der Waals surface area contributed by atoms with Gasteiger partial charge in [-0.3, -0.25) is 4.57 Å².